The van der Waals surface area contributed by atoms with E-state index in [-0.39, 0.29) is 22.9 Å². The van der Waals surface area contributed by atoms with Gasteiger partial charge in [0.2, 0.25) is 0 Å². The highest BCUT2D eigenvalue weighted by atomic mass is 19.1. The van der Waals surface area contributed by atoms with Gasteiger partial charge >= 0.3 is 5.97 Å². The van der Waals surface area contributed by atoms with E-state index in [0.717, 1.165) is 6.07 Å². The molecule has 0 saturated heterocycles. The van der Waals surface area contributed by atoms with Crippen LogP contribution in [0.2, 0.25) is 0 Å². The zero-order valence-corrected chi connectivity index (χ0v) is 11.1. The van der Waals surface area contributed by atoms with Crippen LogP contribution in [0.3, 0.4) is 0 Å². The van der Waals surface area contributed by atoms with E-state index in [9.17, 15) is 9.18 Å². The molecule has 0 saturated carbocycles. The summed E-state index contributed by atoms with van der Waals surface area (Å²) in [6, 6.07) is 4.48. The molecule has 0 fully saturated rings. The van der Waals surface area contributed by atoms with Gasteiger partial charge in [0.05, 0.1) is 30.3 Å². The number of hydrogen-bond donors (Lipinski definition) is 1. The van der Waals surface area contributed by atoms with Gasteiger partial charge in [-0.05, 0) is 19.1 Å². The van der Waals surface area contributed by atoms with Crippen molar-refractivity contribution in [2.75, 3.05) is 31.3 Å². The molecule has 19 heavy (non-hydrogen) atoms. The number of hydrogen-bond acceptors (Lipinski definition) is 5. The highest BCUT2D eigenvalue weighted by Gasteiger charge is 2.17. The van der Waals surface area contributed by atoms with E-state index in [0.29, 0.717) is 6.54 Å². The molecule has 2 N–H and O–H groups in total. The molecule has 0 radical (unpaired) electrons. The fourth-order valence-corrected chi connectivity index (χ4v) is 1.71. The van der Waals surface area contributed by atoms with Crippen molar-refractivity contribution in [1.82, 2.24) is 0 Å². The van der Waals surface area contributed by atoms with Crippen LogP contribution in [0.5, 0.6) is 0 Å². The van der Waals surface area contributed by atoms with Crippen LogP contribution in [-0.2, 0) is 4.74 Å². The first-order valence-electron chi connectivity index (χ1n) is 5.68. The molecule has 0 aliphatic carbocycles. The van der Waals surface area contributed by atoms with Crippen LogP contribution in [0.4, 0.5) is 15.8 Å². The molecule has 0 amide bonds. The Morgan fingerprint density at radius 2 is 2.26 bits per heavy atom. The molecule has 0 aromatic heterocycles. The first-order valence-corrected chi connectivity index (χ1v) is 5.68. The van der Waals surface area contributed by atoms with Gasteiger partial charge in [-0.15, -0.1) is 0 Å². The minimum Gasteiger partial charge on any atom is -0.465 e. The summed E-state index contributed by atoms with van der Waals surface area (Å²) >= 11 is 0. The lowest BCUT2D eigenvalue weighted by atomic mass is 10.1. The van der Waals surface area contributed by atoms with Gasteiger partial charge in [-0.3, -0.25) is 0 Å². The number of esters is 1. The summed E-state index contributed by atoms with van der Waals surface area (Å²) in [5.41, 5.74) is 5.92. The number of methoxy groups -OCH3 is 1. The fourth-order valence-electron chi connectivity index (χ4n) is 1.71. The molecule has 102 valence electrons. The van der Waals surface area contributed by atoms with Crippen molar-refractivity contribution >= 4 is 17.3 Å². The SMILES string of the molecule is COC(=O)c1cc(N(C)CC(C)C#N)c(F)cc1N. The highest BCUT2D eigenvalue weighted by Crippen LogP contribution is 2.25. The Morgan fingerprint density at radius 1 is 1.63 bits per heavy atom. The van der Waals surface area contributed by atoms with Crippen molar-refractivity contribution in [2.45, 2.75) is 6.92 Å². The van der Waals surface area contributed by atoms with E-state index in [1.807, 2.05) is 0 Å². The van der Waals surface area contributed by atoms with Crippen LogP contribution in [-0.4, -0.2) is 26.7 Å². The molecule has 1 aromatic carbocycles. The summed E-state index contributed by atoms with van der Waals surface area (Å²) in [5.74, 6) is -1.43. The van der Waals surface area contributed by atoms with Crippen LogP contribution >= 0.6 is 0 Å². The Labute approximate surface area is 111 Å². The van der Waals surface area contributed by atoms with Gasteiger partial charge in [0.1, 0.15) is 5.82 Å². The highest BCUT2D eigenvalue weighted by molar-refractivity contribution is 5.96. The number of nitrogens with zero attached hydrogens (tertiary/aromatic N) is 2. The van der Waals surface area contributed by atoms with E-state index < -0.39 is 11.8 Å². The molecule has 1 unspecified atom stereocenters. The molecule has 0 aliphatic rings. The summed E-state index contributed by atoms with van der Waals surface area (Å²) in [4.78, 5) is 13.1. The number of nitrogens with two attached hydrogens (primary N) is 1. The number of benzene rings is 1. The number of carbonyl (C=O) groups is 1. The van der Waals surface area contributed by atoms with Crippen molar-refractivity contribution in [3.8, 4) is 6.07 Å². The van der Waals surface area contributed by atoms with E-state index >= 15 is 0 Å². The second kappa shape index (κ2) is 6.05. The number of nitrogen functional groups attached to an aromatic ring is 1. The third-order valence-corrected chi connectivity index (χ3v) is 2.70. The molecular formula is C13H16FN3O2. The number of carbonyl (C=O) groups excluding carboxylic acids is 1. The monoisotopic (exact) mass is 265 g/mol. The largest absolute Gasteiger partial charge is 0.465 e. The van der Waals surface area contributed by atoms with Crippen LogP contribution in [0, 0.1) is 23.1 Å². The van der Waals surface area contributed by atoms with E-state index in [1.54, 1.807) is 18.9 Å². The minimum absolute atomic E-state index is 0.0230. The maximum atomic E-state index is 13.8. The summed E-state index contributed by atoms with van der Waals surface area (Å²) < 4.78 is 18.4. The number of rotatable bonds is 4. The number of nitriles is 1. The van der Waals surface area contributed by atoms with Crippen LogP contribution in [0.15, 0.2) is 12.1 Å². The summed E-state index contributed by atoms with van der Waals surface area (Å²) in [5, 5.41) is 8.76. The fraction of sp³-hybridized carbons (Fsp3) is 0.385. The lowest BCUT2D eigenvalue weighted by Crippen LogP contribution is -2.24. The van der Waals surface area contributed by atoms with Gasteiger partial charge < -0.3 is 15.4 Å². The van der Waals surface area contributed by atoms with Gasteiger partial charge in [-0.2, -0.15) is 5.26 Å². The van der Waals surface area contributed by atoms with E-state index in [2.05, 4.69) is 10.8 Å². The number of ether oxygens (including phenoxy) is 1. The molecule has 1 aromatic rings. The van der Waals surface area contributed by atoms with Crippen molar-refractivity contribution in [3.63, 3.8) is 0 Å². The molecule has 0 heterocycles. The molecule has 1 rings (SSSR count). The Kier molecular flexibility index (Phi) is 4.70. The summed E-state index contributed by atoms with van der Waals surface area (Å²) in [7, 11) is 2.87. The topological polar surface area (TPSA) is 79.3 Å². The predicted molar refractivity (Wildman–Crippen MR) is 70.2 cm³/mol. The molecule has 5 nitrogen and oxygen atoms in total. The van der Waals surface area contributed by atoms with Gasteiger partial charge in [-0.1, -0.05) is 0 Å². The standard InChI is InChI=1S/C13H16FN3O2/c1-8(6-15)7-17(2)12-4-9(13(18)19-3)11(16)5-10(12)14/h4-5,8H,7,16H2,1-3H3. The van der Waals surface area contributed by atoms with Gasteiger partial charge in [0.15, 0.2) is 0 Å². The number of halogens is 1. The summed E-state index contributed by atoms with van der Waals surface area (Å²) in [6.07, 6.45) is 0. The Bertz CT molecular complexity index is 525. The van der Waals surface area contributed by atoms with Crippen molar-refractivity contribution in [3.05, 3.63) is 23.5 Å². The zero-order chi connectivity index (χ0) is 14.6. The Balaban J connectivity index is 3.14. The van der Waals surface area contributed by atoms with Crippen molar-refractivity contribution < 1.29 is 13.9 Å². The maximum Gasteiger partial charge on any atom is 0.340 e. The first-order chi connectivity index (χ1) is 8.90. The zero-order valence-electron chi connectivity index (χ0n) is 11.1. The second-order valence-corrected chi connectivity index (χ2v) is 4.29. The molecule has 6 heteroatoms. The normalized spacial score (nSPS) is 11.5. The first kappa shape index (κ1) is 14.8. The Morgan fingerprint density at radius 3 is 2.79 bits per heavy atom. The molecular weight excluding hydrogens is 249 g/mol. The predicted octanol–water partition coefficient (Wildman–Crippen LogP) is 1.79. The van der Waals surface area contributed by atoms with E-state index in [1.165, 1.54) is 13.2 Å². The van der Waals surface area contributed by atoms with Crippen LogP contribution in [0.1, 0.15) is 17.3 Å². The smallest absolute Gasteiger partial charge is 0.340 e. The average molecular weight is 265 g/mol. The second-order valence-electron chi connectivity index (χ2n) is 4.29. The van der Waals surface area contributed by atoms with Gasteiger partial charge in [0.25, 0.3) is 0 Å². The van der Waals surface area contributed by atoms with Gasteiger partial charge in [0, 0.05) is 19.3 Å². The minimum atomic E-state index is -0.625. The average Bonchev–Trinajstić information content (AvgIpc) is 2.37. The Hall–Kier alpha value is -2.29. The quantitative estimate of drug-likeness (QED) is 0.663. The van der Waals surface area contributed by atoms with Crippen LogP contribution in [0.25, 0.3) is 0 Å². The third-order valence-electron chi connectivity index (χ3n) is 2.70. The molecule has 0 bridgehead atoms. The van der Waals surface area contributed by atoms with Gasteiger partial charge in [-0.25, -0.2) is 9.18 Å². The molecule has 0 spiro atoms. The third kappa shape index (κ3) is 3.35. The lowest BCUT2D eigenvalue weighted by molar-refractivity contribution is 0.0602. The van der Waals surface area contributed by atoms with Crippen molar-refractivity contribution in [2.24, 2.45) is 5.92 Å². The number of anilines is 2. The lowest BCUT2D eigenvalue weighted by Gasteiger charge is -2.22. The van der Waals surface area contributed by atoms with Crippen LogP contribution < -0.4 is 10.6 Å². The summed E-state index contributed by atoms with van der Waals surface area (Å²) in [6.45, 7) is 2.07. The molecule has 1 atom stereocenters. The van der Waals surface area contributed by atoms with Crippen molar-refractivity contribution in [1.29, 1.82) is 5.26 Å². The van der Waals surface area contributed by atoms with E-state index in [4.69, 9.17) is 11.0 Å². The maximum absolute atomic E-state index is 13.8. The molecule has 0 aliphatic heterocycles.